The first-order valence-corrected chi connectivity index (χ1v) is 9.42. The van der Waals surface area contributed by atoms with Gasteiger partial charge in [-0.2, -0.15) is 5.01 Å². The maximum Gasteiger partial charge on any atom is 0.233 e. The molecule has 0 radical (unpaired) electrons. The van der Waals surface area contributed by atoms with Crippen LogP contribution in [-0.4, -0.2) is 42.4 Å². The highest BCUT2D eigenvalue weighted by atomic mass is 32.2. The van der Waals surface area contributed by atoms with Crippen LogP contribution in [0.1, 0.15) is 30.9 Å². The van der Waals surface area contributed by atoms with E-state index in [-0.39, 0.29) is 24.8 Å². The summed E-state index contributed by atoms with van der Waals surface area (Å²) in [6.07, 6.45) is -4.22. The number of nitrogens with zero attached hydrogens (tertiary/aromatic N) is 2. The van der Waals surface area contributed by atoms with Gasteiger partial charge in [0.2, 0.25) is 15.0 Å². The first kappa shape index (κ1) is 16.8. The first-order valence-electron chi connectivity index (χ1n) is 7.87. The van der Waals surface area contributed by atoms with Gasteiger partial charge in [0, 0.05) is 12.0 Å². The van der Waals surface area contributed by atoms with E-state index in [9.17, 15) is 26.0 Å². The highest BCUT2D eigenvalue weighted by molar-refractivity contribution is 8.06. The molecular weight excluding hydrogens is 362 g/mol. The fraction of sp³-hybridized carbons (Fsp3) is 0.533. The molecule has 2 fully saturated rings. The average Bonchev–Trinajstić information content (AvgIpc) is 3.09. The van der Waals surface area contributed by atoms with Gasteiger partial charge in [-0.3, -0.25) is 5.43 Å². The number of rotatable bonds is 2. The zero-order valence-corrected chi connectivity index (χ0v) is 13.7. The zero-order valence-electron chi connectivity index (χ0n) is 12.9. The molecule has 1 unspecified atom stereocenters. The summed E-state index contributed by atoms with van der Waals surface area (Å²) in [4.78, 5) is 3.89. The molecule has 136 valence electrons. The van der Waals surface area contributed by atoms with Crippen LogP contribution in [0, 0.1) is 11.6 Å². The van der Waals surface area contributed by atoms with Crippen LogP contribution in [0.25, 0.3) is 0 Å². The lowest BCUT2D eigenvalue weighted by Gasteiger charge is -2.29. The highest BCUT2D eigenvalue weighted by Gasteiger charge is 2.51. The van der Waals surface area contributed by atoms with E-state index in [2.05, 4.69) is 10.4 Å². The number of amidine groups is 1. The molecule has 1 saturated carbocycles. The molecule has 4 rings (SSSR count). The number of aliphatic imine (C=N–C) groups is 1. The smallest absolute Gasteiger partial charge is 0.233 e. The Kier molecular flexibility index (Phi) is 3.80. The SMILES string of the molecule is O=S(=O)(C1=NC2[C@@H](F)C[C@@H](c3cccc(F)c3F)N2N1)C1CC(F)C1. The number of benzene rings is 1. The summed E-state index contributed by atoms with van der Waals surface area (Å²) in [6.45, 7) is 0. The molecule has 10 heteroatoms. The van der Waals surface area contributed by atoms with E-state index in [1.54, 1.807) is 0 Å². The molecule has 2 heterocycles. The lowest BCUT2D eigenvalue weighted by molar-refractivity contribution is 0.157. The van der Waals surface area contributed by atoms with Crippen molar-refractivity contribution in [1.82, 2.24) is 10.4 Å². The molecule has 0 amide bonds. The summed E-state index contributed by atoms with van der Waals surface area (Å²) in [5.41, 5.74) is 2.46. The Balaban J connectivity index is 1.61. The van der Waals surface area contributed by atoms with Crippen LogP contribution >= 0.6 is 0 Å². The number of nitrogens with one attached hydrogen (secondary N) is 1. The van der Waals surface area contributed by atoms with E-state index < -0.39 is 56.4 Å². The second kappa shape index (κ2) is 5.66. The Labute approximate surface area is 141 Å². The molecule has 0 spiro atoms. The molecule has 1 aromatic carbocycles. The van der Waals surface area contributed by atoms with Crippen molar-refractivity contribution in [3.05, 3.63) is 35.4 Å². The molecule has 0 aromatic heterocycles. The Bertz CT molecular complexity index is 841. The van der Waals surface area contributed by atoms with E-state index in [1.165, 1.54) is 17.1 Å². The molecule has 3 aliphatic rings. The van der Waals surface area contributed by atoms with Gasteiger partial charge in [-0.25, -0.2) is 31.0 Å². The van der Waals surface area contributed by atoms with Crippen LogP contribution in [0.15, 0.2) is 23.2 Å². The van der Waals surface area contributed by atoms with Gasteiger partial charge in [-0.1, -0.05) is 12.1 Å². The van der Waals surface area contributed by atoms with Crippen molar-refractivity contribution in [2.75, 3.05) is 0 Å². The van der Waals surface area contributed by atoms with Gasteiger partial charge >= 0.3 is 0 Å². The van der Waals surface area contributed by atoms with Crippen LogP contribution < -0.4 is 5.43 Å². The molecule has 0 bridgehead atoms. The number of halogens is 4. The molecule has 3 atom stereocenters. The second-order valence-electron chi connectivity index (χ2n) is 6.51. The summed E-state index contributed by atoms with van der Waals surface area (Å²) in [6, 6.07) is 2.68. The van der Waals surface area contributed by atoms with Crippen molar-refractivity contribution in [2.24, 2.45) is 4.99 Å². The Morgan fingerprint density at radius 1 is 1.16 bits per heavy atom. The van der Waals surface area contributed by atoms with Crippen molar-refractivity contribution in [3.63, 3.8) is 0 Å². The largest absolute Gasteiger partial charge is 0.291 e. The summed E-state index contributed by atoms with van der Waals surface area (Å²) >= 11 is 0. The lowest BCUT2D eigenvalue weighted by Crippen LogP contribution is -2.47. The molecule has 25 heavy (non-hydrogen) atoms. The van der Waals surface area contributed by atoms with Gasteiger partial charge in [0.25, 0.3) is 0 Å². The number of fused-ring (bicyclic) bond motifs is 1. The van der Waals surface area contributed by atoms with Crippen molar-refractivity contribution < 1.29 is 26.0 Å². The summed E-state index contributed by atoms with van der Waals surface area (Å²) in [5, 5.41) is -0.129. The lowest BCUT2D eigenvalue weighted by atomic mass is 9.97. The Hall–Kier alpha value is -1.68. The van der Waals surface area contributed by atoms with Crippen LogP contribution in [0.3, 0.4) is 0 Å². The van der Waals surface area contributed by atoms with E-state index in [0.717, 1.165) is 6.07 Å². The summed E-state index contributed by atoms with van der Waals surface area (Å²) < 4.78 is 79.6. The maximum atomic E-state index is 14.3. The highest BCUT2D eigenvalue weighted by Crippen LogP contribution is 2.41. The average molecular weight is 377 g/mol. The van der Waals surface area contributed by atoms with Crippen molar-refractivity contribution in [1.29, 1.82) is 0 Å². The van der Waals surface area contributed by atoms with Gasteiger partial charge in [0.1, 0.15) is 12.3 Å². The third-order valence-electron chi connectivity index (χ3n) is 4.95. The van der Waals surface area contributed by atoms with Gasteiger partial charge < -0.3 is 0 Å². The number of alkyl halides is 2. The number of sulfone groups is 1. The van der Waals surface area contributed by atoms with E-state index in [4.69, 9.17) is 0 Å². The standard InChI is InChI=1S/C15H15F4N3O2S/c16-7-4-8(5-7)25(23,24)15-20-14-11(18)6-12(22(14)21-15)9-2-1-3-10(17)13(9)19/h1-3,7-8,11-12,14H,4-6H2,(H,20,21)/t7?,8?,11-,12-,14?/m0/s1. The third-order valence-corrected chi connectivity index (χ3v) is 6.95. The molecule has 1 aromatic rings. The maximum absolute atomic E-state index is 14.3. The molecule has 1 N–H and O–H groups in total. The van der Waals surface area contributed by atoms with Gasteiger partial charge in [-0.05, 0) is 18.9 Å². The first-order chi connectivity index (χ1) is 11.8. The summed E-state index contributed by atoms with van der Waals surface area (Å²) in [7, 11) is -3.90. The summed E-state index contributed by atoms with van der Waals surface area (Å²) in [5.74, 6) is -2.16. The molecular formula is C15H15F4N3O2S. The minimum absolute atomic E-state index is 0.0704. The number of hydrogen-bond donors (Lipinski definition) is 1. The zero-order chi connectivity index (χ0) is 17.9. The van der Waals surface area contributed by atoms with E-state index in [0.29, 0.717) is 0 Å². The van der Waals surface area contributed by atoms with Gasteiger partial charge in [0.15, 0.2) is 17.8 Å². The van der Waals surface area contributed by atoms with Gasteiger partial charge in [-0.15, -0.1) is 0 Å². The van der Waals surface area contributed by atoms with Crippen LogP contribution in [0.5, 0.6) is 0 Å². The number of hydrazine groups is 1. The predicted octanol–water partition coefficient (Wildman–Crippen LogP) is 2.17. The van der Waals surface area contributed by atoms with Crippen molar-refractivity contribution in [3.8, 4) is 0 Å². The Morgan fingerprint density at radius 2 is 1.88 bits per heavy atom. The van der Waals surface area contributed by atoms with Gasteiger partial charge in [0.05, 0.1) is 11.3 Å². The quantitative estimate of drug-likeness (QED) is 0.803. The third kappa shape index (κ3) is 2.53. The fourth-order valence-electron chi connectivity index (χ4n) is 3.46. The normalized spacial score (nSPS) is 35.0. The minimum Gasteiger partial charge on any atom is -0.291 e. The second-order valence-corrected chi connectivity index (χ2v) is 8.66. The Morgan fingerprint density at radius 3 is 2.56 bits per heavy atom. The van der Waals surface area contributed by atoms with Crippen molar-refractivity contribution >= 4 is 15.0 Å². The molecule has 1 saturated heterocycles. The number of hydrogen-bond acceptors (Lipinski definition) is 5. The van der Waals surface area contributed by atoms with E-state index >= 15 is 0 Å². The monoisotopic (exact) mass is 377 g/mol. The topological polar surface area (TPSA) is 61.8 Å². The van der Waals surface area contributed by atoms with Crippen molar-refractivity contribution in [2.45, 2.75) is 49.1 Å². The minimum atomic E-state index is -3.90. The molecule has 5 nitrogen and oxygen atoms in total. The van der Waals surface area contributed by atoms with Crippen LogP contribution in [0.2, 0.25) is 0 Å². The fourth-order valence-corrected chi connectivity index (χ4v) is 5.19. The molecule has 1 aliphatic carbocycles. The molecule has 2 aliphatic heterocycles. The van der Waals surface area contributed by atoms with Crippen LogP contribution in [-0.2, 0) is 9.84 Å². The van der Waals surface area contributed by atoms with Crippen LogP contribution in [0.4, 0.5) is 17.6 Å². The van der Waals surface area contributed by atoms with E-state index in [1.807, 2.05) is 0 Å². The predicted molar refractivity (Wildman–Crippen MR) is 81.6 cm³/mol.